The summed E-state index contributed by atoms with van der Waals surface area (Å²) in [6, 6.07) is 14.6. The molecule has 3 aliphatic heterocycles. The van der Waals surface area contributed by atoms with Crippen LogP contribution in [-0.2, 0) is 31.2 Å². The molecule has 0 bridgehead atoms. The Morgan fingerprint density at radius 1 is 0.985 bits per heavy atom. The van der Waals surface area contributed by atoms with E-state index < -0.39 is 6.43 Å². The average Bonchev–Trinajstić information content (AvgIpc) is 4.06. The number of rotatable bonds is 9. The zero-order valence-corrected chi connectivity index (χ0v) is 38.1. The molecule has 1 N–H and O–H groups in total. The summed E-state index contributed by atoms with van der Waals surface area (Å²) in [7, 11) is 1.79. The van der Waals surface area contributed by atoms with Gasteiger partial charge >= 0.3 is 0 Å². The summed E-state index contributed by atoms with van der Waals surface area (Å²) in [6.45, 7) is 5.06. The number of nitrogens with one attached hydrogen (secondary N) is 1. The van der Waals surface area contributed by atoms with Crippen LogP contribution in [0.2, 0.25) is 5.02 Å². The van der Waals surface area contributed by atoms with E-state index in [9.17, 15) is 18.4 Å². The minimum absolute atomic E-state index is 0.00763. The van der Waals surface area contributed by atoms with Crippen molar-refractivity contribution < 1.29 is 23.1 Å². The molecule has 1 saturated heterocycles. The quantitative estimate of drug-likeness (QED) is 0.152. The van der Waals surface area contributed by atoms with Crippen molar-refractivity contribution in [2.75, 3.05) is 36.0 Å². The predicted octanol–water partition coefficient (Wildman–Crippen LogP) is 8.66. The van der Waals surface area contributed by atoms with Crippen molar-refractivity contribution in [3.8, 4) is 22.9 Å². The average molecular weight is 918 g/mol. The number of benzene rings is 2. The van der Waals surface area contributed by atoms with E-state index in [0.717, 1.165) is 118 Å². The van der Waals surface area contributed by atoms with Crippen LogP contribution < -0.4 is 19.9 Å². The number of carbonyl (C=O) groups is 2. The fourth-order valence-electron chi connectivity index (χ4n) is 11.1. The summed E-state index contributed by atoms with van der Waals surface area (Å²) in [4.78, 5) is 32.2. The molecule has 66 heavy (non-hydrogen) atoms. The van der Waals surface area contributed by atoms with E-state index in [-0.39, 0.29) is 41.0 Å². The van der Waals surface area contributed by atoms with Gasteiger partial charge in [-0.2, -0.15) is 15.5 Å². The number of carbonyl (C=O) groups excluding carboxylic acids is 2. The lowest BCUT2D eigenvalue weighted by Gasteiger charge is -2.38. The summed E-state index contributed by atoms with van der Waals surface area (Å²) >= 11 is 6.18. The number of anilines is 3. The highest BCUT2D eigenvalue weighted by Crippen LogP contribution is 2.49. The standard InChI is InChI=1S/C49H54ClF2N11O3/c1-30(64)60-20-15-43-40(28-60)47(62-19-3-4-31-22-38(33-26-54-59(2)27-33)39(46(51)52)24-44(31)62)58-63(43)35-13-16-49(17-14-35)18-21-61(29-49)45-12-11-42(56-57-45)48(65)55-34-6-9-36(10-7-34)66-37-8-5-32(25-53)41(50)23-37/h5,8,11-12,22-24,26-27,34-36,46H,3-4,6-7,9-10,13-21,28-29H2,1-2H3,(H,55,65). The fourth-order valence-corrected chi connectivity index (χ4v) is 11.3. The maximum atomic E-state index is 14.8. The van der Waals surface area contributed by atoms with Gasteiger partial charge in [-0.3, -0.25) is 19.0 Å². The van der Waals surface area contributed by atoms with Crippen molar-refractivity contribution in [3.05, 3.63) is 93.5 Å². The number of aryl methyl sites for hydroxylation is 2. The molecule has 5 aromatic rings. The molecule has 3 aromatic heterocycles. The Morgan fingerprint density at radius 3 is 2.50 bits per heavy atom. The van der Waals surface area contributed by atoms with Gasteiger partial charge < -0.3 is 24.8 Å². The smallest absolute Gasteiger partial charge is 0.272 e. The van der Waals surface area contributed by atoms with Crippen LogP contribution in [0.15, 0.2) is 54.9 Å². The SMILES string of the molecule is CC(=O)N1CCc2c(c(N3CCCc4cc(-c5cnn(C)c5)c(C(F)F)cc43)nn2C2CCC3(CC2)CCN(c2ccc(C(=O)NC4CCC(Oc5ccc(C#N)c(Cl)c5)CC4)nn2)C3)C1. The highest BCUT2D eigenvalue weighted by atomic mass is 35.5. The van der Waals surface area contributed by atoms with E-state index in [0.29, 0.717) is 59.2 Å². The first-order chi connectivity index (χ1) is 31.9. The molecule has 344 valence electrons. The van der Waals surface area contributed by atoms with Crippen LogP contribution in [0.25, 0.3) is 11.1 Å². The third-order valence-corrected chi connectivity index (χ3v) is 15.1. The third-order valence-electron chi connectivity index (χ3n) is 14.8. The number of ether oxygens (including phenoxy) is 1. The Labute approximate surface area is 387 Å². The zero-order chi connectivity index (χ0) is 45.7. The second-order valence-corrected chi connectivity index (χ2v) is 19.3. The Kier molecular flexibility index (Phi) is 11.9. The van der Waals surface area contributed by atoms with Crippen molar-refractivity contribution >= 4 is 40.7 Å². The van der Waals surface area contributed by atoms with Crippen LogP contribution in [0.1, 0.15) is 122 Å². The minimum Gasteiger partial charge on any atom is -0.490 e. The van der Waals surface area contributed by atoms with Crippen LogP contribution in [0, 0.1) is 16.7 Å². The Bertz CT molecular complexity index is 2680. The number of nitriles is 1. The number of nitrogens with zero attached hydrogens (tertiary/aromatic N) is 10. The largest absolute Gasteiger partial charge is 0.490 e. The molecule has 2 saturated carbocycles. The first-order valence-electron chi connectivity index (χ1n) is 23.3. The molecular formula is C49H54ClF2N11O3. The molecule has 17 heteroatoms. The lowest BCUT2D eigenvalue weighted by atomic mass is 9.72. The van der Waals surface area contributed by atoms with Gasteiger partial charge in [0.25, 0.3) is 12.3 Å². The molecule has 2 aromatic carbocycles. The van der Waals surface area contributed by atoms with Crippen LogP contribution in [0.4, 0.5) is 26.1 Å². The van der Waals surface area contributed by atoms with Crippen molar-refractivity contribution in [2.24, 2.45) is 12.5 Å². The van der Waals surface area contributed by atoms with E-state index in [1.165, 1.54) is 0 Å². The number of amides is 2. The van der Waals surface area contributed by atoms with Crippen molar-refractivity contribution in [2.45, 2.75) is 115 Å². The highest BCUT2D eigenvalue weighted by Gasteiger charge is 2.43. The van der Waals surface area contributed by atoms with Crippen LogP contribution >= 0.6 is 11.6 Å². The second-order valence-electron chi connectivity index (χ2n) is 18.9. The topological polar surface area (TPSA) is 150 Å². The van der Waals surface area contributed by atoms with Gasteiger partial charge in [-0.25, -0.2) is 8.78 Å². The van der Waals surface area contributed by atoms with Crippen molar-refractivity contribution in [1.82, 2.24) is 40.0 Å². The van der Waals surface area contributed by atoms with Gasteiger partial charge in [0.1, 0.15) is 11.8 Å². The van der Waals surface area contributed by atoms with Crippen LogP contribution in [0.3, 0.4) is 0 Å². The summed E-state index contributed by atoms with van der Waals surface area (Å²) in [5, 5.41) is 31.2. The molecule has 5 aliphatic rings. The lowest BCUT2D eigenvalue weighted by molar-refractivity contribution is -0.129. The molecule has 1 spiro atoms. The number of halogens is 3. The van der Waals surface area contributed by atoms with Gasteiger partial charge in [-0.05, 0) is 124 Å². The molecule has 10 rings (SSSR count). The summed E-state index contributed by atoms with van der Waals surface area (Å²) in [5.74, 6) is 1.97. The molecular weight excluding hydrogens is 864 g/mol. The first-order valence-corrected chi connectivity index (χ1v) is 23.6. The number of fused-ring (bicyclic) bond motifs is 2. The van der Waals surface area contributed by atoms with Crippen molar-refractivity contribution in [1.29, 1.82) is 5.26 Å². The number of hydrogen-bond donors (Lipinski definition) is 1. The minimum atomic E-state index is -2.67. The van der Waals surface area contributed by atoms with Crippen molar-refractivity contribution in [3.63, 3.8) is 0 Å². The number of hydrogen-bond acceptors (Lipinski definition) is 10. The Morgan fingerprint density at radius 2 is 1.80 bits per heavy atom. The van der Waals surface area contributed by atoms with Crippen LogP contribution in [0.5, 0.6) is 5.75 Å². The molecule has 2 amide bonds. The maximum absolute atomic E-state index is 14.8. The second kappa shape index (κ2) is 18.0. The van der Waals surface area contributed by atoms with Gasteiger partial charge in [0, 0.05) is 92.9 Å². The molecule has 2 aliphatic carbocycles. The highest BCUT2D eigenvalue weighted by molar-refractivity contribution is 6.31. The summed E-state index contributed by atoms with van der Waals surface area (Å²) in [5.41, 5.74) is 5.94. The third kappa shape index (κ3) is 8.58. The molecule has 14 nitrogen and oxygen atoms in total. The monoisotopic (exact) mass is 917 g/mol. The summed E-state index contributed by atoms with van der Waals surface area (Å²) < 4.78 is 39.5. The van der Waals surface area contributed by atoms with E-state index in [1.54, 1.807) is 61.4 Å². The van der Waals surface area contributed by atoms with E-state index in [4.69, 9.17) is 26.7 Å². The molecule has 6 heterocycles. The van der Waals surface area contributed by atoms with E-state index >= 15 is 0 Å². The summed E-state index contributed by atoms with van der Waals surface area (Å²) in [6.07, 6.45) is 11.2. The molecule has 3 fully saturated rings. The van der Waals surface area contributed by atoms with E-state index in [1.807, 2.05) is 17.0 Å². The van der Waals surface area contributed by atoms with Gasteiger partial charge in [-0.15, -0.1) is 10.2 Å². The predicted molar refractivity (Wildman–Crippen MR) is 245 cm³/mol. The number of alkyl halides is 2. The first kappa shape index (κ1) is 43.8. The van der Waals surface area contributed by atoms with Crippen LogP contribution in [-0.4, -0.2) is 84.8 Å². The lowest BCUT2D eigenvalue weighted by Crippen LogP contribution is -2.40. The Hall–Kier alpha value is -6.08. The normalized spacial score (nSPS) is 22.9. The van der Waals surface area contributed by atoms with Gasteiger partial charge in [0.15, 0.2) is 17.3 Å². The zero-order valence-electron chi connectivity index (χ0n) is 37.4. The molecule has 0 atom stereocenters. The number of aromatic nitrogens is 6. The Balaban J connectivity index is 0.786. The van der Waals surface area contributed by atoms with Gasteiger partial charge in [0.05, 0.1) is 35.5 Å². The molecule has 0 unspecified atom stereocenters. The maximum Gasteiger partial charge on any atom is 0.272 e. The van der Waals surface area contributed by atoms with Gasteiger partial charge in [-0.1, -0.05) is 11.6 Å². The van der Waals surface area contributed by atoms with Gasteiger partial charge in [0.2, 0.25) is 5.91 Å². The fraction of sp³-hybridized carbons (Fsp3) is 0.490. The van der Waals surface area contributed by atoms with E-state index in [2.05, 4.69) is 41.2 Å². The molecule has 0 radical (unpaired) electrons.